The summed E-state index contributed by atoms with van der Waals surface area (Å²) in [7, 11) is 0. The third-order valence-electron chi connectivity index (χ3n) is 6.14. The number of nitrogens with zero attached hydrogens (tertiary/aromatic N) is 6. The molecule has 1 amide bonds. The Hall–Kier alpha value is -3.15. The van der Waals surface area contributed by atoms with Crippen LogP contribution in [0.5, 0.6) is 0 Å². The molecule has 0 atom stereocenters. The van der Waals surface area contributed by atoms with Crippen molar-refractivity contribution >= 4 is 35.0 Å². The van der Waals surface area contributed by atoms with Crippen LogP contribution in [0.1, 0.15) is 56.8 Å². The number of nitrogens with two attached hydrogens (primary N) is 1. The molecule has 1 aliphatic carbocycles. The number of aromatic nitrogens is 6. The number of carbonyl (C=O) groups excluding carboxylic acids is 1. The summed E-state index contributed by atoms with van der Waals surface area (Å²) in [6.45, 7) is 6.21. The summed E-state index contributed by atoms with van der Waals surface area (Å²) in [6, 6.07) is 1.78. The number of fused-ring (bicyclic) bond motifs is 1. The van der Waals surface area contributed by atoms with Gasteiger partial charge in [-0.2, -0.15) is 0 Å². The van der Waals surface area contributed by atoms with Gasteiger partial charge in [-0.1, -0.05) is 37.9 Å². The van der Waals surface area contributed by atoms with Crippen LogP contribution >= 0.6 is 11.8 Å². The number of amides is 1. The van der Waals surface area contributed by atoms with E-state index in [-0.39, 0.29) is 29.2 Å². The molecule has 1 fully saturated rings. The number of aromatic amines is 1. The molecule has 0 aromatic carbocycles. The number of H-pyrrole nitrogens is 1. The van der Waals surface area contributed by atoms with Crippen molar-refractivity contribution in [1.82, 2.24) is 29.1 Å². The minimum Gasteiger partial charge on any atom is -0.383 e. The molecule has 0 aliphatic heterocycles. The summed E-state index contributed by atoms with van der Waals surface area (Å²) in [5.41, 5.74) is 6.97. The molecule has 182 valence electrons. The zero-order valence-electron chi connectivity index (χ0n) is 19.7. The largest absolute Gasteiger partial charge is 0.383 e. The highest BCUT2D eigenvalue weighted by Gasteiger charge is 2.32. The molecule has 11 nitrogen and oxygen atoms in total. The maximum Gasteiger partial charge on any atom is 0.330 e. The SMILES string of the molecule is CCCCn1c(N)c(N(C(=O)CSc2nnc3nc(C)cc(C)n23)C2CCCC2)c(=O)[nH]c1=O. The monoisotopic (exact) mass is 486 g/mol. The highest BCUT2D eigenvalue weighted by atomic mass is 32.2. The van der Waals surface area contributed by atoms with Crippen LogP contribution in [0.2, 0.25) is 0 Å². The molecule has 12 heteroatoms. The van der Waals surface area contributed by atoms with E-state index in [4.69, 9.17) is 5.73 Å². The van der Waals surface area contributed by atoms with Crippen molar-refractivity contribution in [3.05, 3.63) is 38.3 Å². The number of unbranched alkanes of at least 4 members (excludes halogenated alkanes) is 1. The lowest BCUT2D eigenvalue weighted by Crippen LogP contribution is -2.46. The summed E-state index contributed by atoms with van der Waals surface area (Å²) < 4.78 is 3.16. The van der Waals surface area contributed by atoms with Gasteiger partial charge in [-0.05, 0) is 39.2 Å². The Bertz CT molecular complexity index is 1320. The Kier molecular flexibility index (Phi) is 7.05. The lowest BCUT2D eigenvalue weighted by atomic mass is 10.2. The second-order valence-electron chi connectivity index (χ2n) is 8.65. The van der Waals surface area contributed by atoms with E-state index in [1.807, 2.05) is 26.8 Å². The molecule has 3 N–H and O–H groups in total. The third-order valence-corrected chi connectivity index (χ3v) is 7.05. The van der Waals surface area contributed by atoms with Gasteiger partial charge in [-0.3, -0.25) is 23.5 Å². The van der Waals surface area contributed by atoms with Crippen molar-refractivity contribution in [3.63, 3.8) is 0 Å². The van der Waals surface area contributed by atoms with Crippen molar-refractivity contribution in [2.75, 3.05) is 16.4 Å². The van der Waals surface area contributed by atoms with E-state index >= 15 is 0 Å². The molecule has 0 unspecified atom stereocenters. The fourth-order valence-corrected chi connectivity index (χ4v) is 5.36. The molecular weight excluding hydrogens is 456 g/mol. The number of nitrogens with one attached hydrogen (secondary N) is 1. The van der Waals surface area contributed by atoms with Crippen molar-refractivity contribution in [2.24, 2.45) is 0 Å². The molecule has 3 heterocycles. The molecule has 1 saturated carbocycles. The van der Waals surface area contributed by atoms with Crippen LogP contribution in [-0.2, 0) is 11.3 Å². The zero-order chi connectivity index (χ0) is 24.4. The number of thioether (sulfide) groups is 1. The predicted molar refractivity (Wildman–Crippen MR) is 131 cm³/mol. The van der Waals surface area contributed by atoms with Crippen LogP contribution in [0, 0.1) is 13.8 Å². The summed E-state index contributed by atoms with van der Waals surface area (Å²) in [5.74, 6) is 0.293. The Morgan fingerprint density at radius 3 is 2.71 bits per heavy atom. The fourth-order valence-electron chi connectivity index (χ4n) is 4.51. The molecule has 3 aromatic rings. The minimum absolute atomic E-state index is 0.0379. The fraction of sp³-hybridized carbons (Fsp3) is 0.545. The van der Waals surface area contributed by atoms with E-state index in [0.717, 1.165) is 49.9 Å². The lowest BCUT2D eigenvalue weighted by Gasteiger charge is -2.29. The summed E-state index contributed by atoms with van der Waals surface area (Å²) in [4.78, 5) is 47.1. The van der Waals surface area contributed by atoms with E-state index in [0.29, 0.717) is 17.5 Å². The van der Waals surface area contributed by atoms with E-state index < -0.39 is 11.2 Å². The van der Waals surface area contributed by atoms with E-state index in [9.17, 15) is 14.4 Å². The van der Waals surface area contributed by atoms with Crippen LogP contribution in [0.25, 0.3) is 5.78 Å². The van der Waals surface area contributed by atoms with Crippen LogP contribution in [0.15, 0.2) is 20.8 Å². The average molecular weight is 487 g/mol. The molecule has 34 heavy (non-hydrogen) atoms. The van der Waals surface area contributed by atoms with Gasteiger partial charge >= 0.3 is 5.69 Å². The van der Waals surface area contributed by atoms with Crippen LogP contribution in [0.4, 0.5) is 11.5 Å². The first kappa shape index (κ1) is 24.0. The Morgan fingerprint density at radius 1 is 1.26 bits per heavy atom. The number of rotatable bonds is 8. The van der Waals surface area contributed by atoms with Gasteiger partial charge in [0.1, 0.15) is 5.82 Å². The summed E-state index contributed by atoms with van der Waals surface area (Å²) in [5, 5.41) is 8.87. The van der Waals surface area contributed by atoms with Crippen LogP contribution in [0.3, 0.4) is 0 Å². The Labute approximate surface area is 200 Å². The first-order chi connectivity index (χ1) is 16.3. The lowest BCUT2D eigenvalue weighted by molar-refractivity contribution is -0.116. The topological polar surface area (TPSA) is 144 Å². The summed E-state index contributed by atoms with van der Waals surface area (Å²) >= 11 is 1.24. The Balaban J connectivity index is 1.67. The second-order valence-corrected chi connectivity index (χ2v) is 9.59. The summed E-state index contributed by atoms with van der Waals surface area (Å²) in [6.07, 6.45) is 5.08. The molecule has 1 aliphatic rings. The van der Waals surface area contributed by atoms with Crippen molar-refractivity contribution in [1.29, 1.82) is 0 Å². The van der Waals surface area contributed by atoms with Gasteiger partial charge < -0.3 is 10.6 Å². The number of carbonyl (C=O) groups is 1. The second kappa shape index (κ2) is 10.00. The zero-order valence-corrected chi connectivity index (χ0v) is 20.5. The molecular formula is C22H30N8O3S. The quantitative estimate of drug-likeness (QED) is 0.460. The van der Waals surface area contributed by atoms with Crippen LogP contribution < -0.4 is 21.9 Å². The smallest absolute Gasteiger partial charge is 0.330 e. The minimum atomic E-state index is -0.635. The maximum absolute atomic E-state index is 13.6. The first-order valence-corrected chi connectivity index (χ1v) is 12.6. The Morgan fingerprint density at radius 2 is 2.00 bits per heavy atom. The van der Waals surface area contributed by atoms with E-state index in [1.165, 1.54) is 21.2 Å². The van der Waals surface area contributed by atoms with Crippen molar-refractivity contribution in [3.8, 4) is 0 Å². The average Bonchev–Trinajstić information content (AvgIpc) is 3.45. The van der Waals surface area contributed by atoms with Gasteiger partial charge in [0.25, 0.3) is 11.3 Å². The number of hydrogen-bond donors (Lipinski definition) is 2. The van der Waals surface area contributed by atoms with Gasteiger partial charge in [0.2, 0.25) is 5.91 Å². The predicted octanol–water partition coefficient (Wildman–Crippen LogP) is 2.04. The van der Waals surface area contributed by atoms with Crippen molar-refractivity contribution in [2.45, 2.75) is 77.0 Å². The van der Waals surface area contributed by atoms with Gasteiger partial charge in [0.15, 0.2) is 10.8 Å². The first-order valence-electron chi connectivity index (χ1n) is 11.6. The molecule has 0 radical (unpaired) electrons. The van der Waals surface area contributed by atoms with Gasteiger partial charge in [-0.15, -0.1) is 10.2 Å². The van der Waals surface area contributed by atoms with Gasteiger partial charge in [0, 0.05) is 24.0 Å². The number of nitrogen functional groups attached to an aromatic ring is 1. The van der Waals surface area contributed by atoms with Gasteiger partial charge in [-0.25, -0.2) is 9.78 Å². The highest BCUT2D eigenvalue weighted by Crippen LogP contribution is 2.30. The molecule has 4 rings (SSSR count). The molecule has 0 saturated heterocycles. The van der Waals surface area contributed by atoms with Gasteiger partial charge in [0.05, 0.1) is 5.75 Å². The van der Waals surface area contributed by atoms with Crippen molar-refractivity contribution < 1.29 is 4.79 Å². The van der Waals surface area contributed by atoms with E-state index in [2.05, 4.69) is 20.2 Å². The third kappa shape index (κ3) is 4.59. The normalized spacial score (nSPS) is 14.2. The number of aryl methyl sites for hydroxylation is 2. The molecule has 0 spiro atoms. The molecule has 0 bridgehead atoms. The standard InChI is InChI=1S/C22H30N8O3S/c1-4-5-10-28-18(23)17(19(32)25-21(28)33)30(15-8-6-7-9-15)16(31)12-34-22-27-26-20-24-13(2)11-14(3)29(20)22/h11,15H,4-10,12,23H2,1-3H3,(H,25,32,33). The number of hydrogen-bond acceptors (Lipinski definition) is 8. The van der Waals surface area contributed by atoms with E-state index in [1.54, 1.807) is 4.40 Å². The number of anilines is 2. The maximum atomic E-state index is 13.6. The highest BCUT2D eigenvalue weighted by molar-refractivity contribution is 7.99. The van der Waals surface area contributed by atoms with Crippen LogP contribution in [-0.4, -0.2) is 46.8 Å². The molecule has 3 aromatic heterocycles.